The minimum absolute atomic E-state index is 0.0964. The third kappa shape index (κ3) is 3.58. The highest BCUT2D eigenvalue weighted by atomic mass is 16.2. The molecule has 0 aliphatic heterocycles. The first kappa shape index (κ1) is 10.7. The number of rotatable bonds is 4. The van der Waals surface area contributed by atoms with Crippen LogP contribution in [0.4, 0.5) is 0 Å². The molecule has 0 radical (unpaired) electrons. The summed E-state index contributed by atoms with van der Waals surface area (Å²) in [5.74, 6) is -0.0964. The van der Waals surface area contributed by atoms with Crippen LogP contribution in [0, 0.1) is 0 Å². The van der Waals surface area contributed by atoms with Crippen LogP contribution >= 0.6 is 0 Å². The van der Waals surface area contributed by atoms with Gasteiger partial charge in [0, 0.05) is 6.54 Å². The van der Waals surface area contributed by atoms with Crippen molar-refractivity contribution in [3.8, 4) is 0 Å². The van der Waals surface area contributed by atoms with Crippen LogP contribution < -0.4 is 11.1 Å². The van der Waals surface area contributed by atoms with Gasteiger partial charge in [0.15, 0.2) is 0 Å². The lowest BCUT2D eigenvalue weighted by molar-refractivity contribution is -0.121. The van der Waals surface area contributed by atoms with Gasteiger partial charge >= 0.3 is 0 Å². The van der Waals surface area contributed by atoms with E-state index in [4.69, 9.17) is 5.73 Å². The van der Waals surface area contributed by atoms with Crippen LogP contribution in [-0.2, 0) is 11.2 Å². The molecule has 0 spiro atoms. The van der Waals surface area contributed by atoms with Gasteiger partial charge in [0.1, 0.15) is 0 Å². The number of amides is 1. The van der Waals surface area contributed by atoms with Gasteiger partial charge in [-0.2, -0.15) is 0 Å². The molecule has 14 heavy (non-hydrogen) atoms. The largest absolute Gasteiger partial charge is 0.354 e. The molecule has 0 aromatic heterocycles. The zero-order valence-corrected chi connectivity index (χ0v) is 8.36. The minimum Gasteiger partial charge on any atom is -0.354 e. The molecule has 1 aromatic carbocycles. The van der Waals surface area contributed by atoms with E-state index in [1.165, 1.54) is 5.56 Å². The molecule has 1 unspecified atom stereocenters. The Morgan fingerprint density at radius 2 is 2.07 bits per heavy atom. The number of carbonyl (C=O) groups is 1. The summed E-state index contributed by atoms with van der Waals surface area (Å²) in [5.41, 5.74) is 6.62. The van der Waals surface area contributed by atoms with Crippen molar-refractivity contribution in [2.45, 2.75) is 19.4 Å². The second-order valence-corrected chi connectivity index (χ2v) is 3.32. The summed E-state index contributed by atoms with van der Waals surface area (Å²) in [5, 5.41) is 2.77. The quantitative estimate of drug-likeness (QED) is 0.737. The number of carbonyl (C=O) groups excluding carboxylic acids is 1. The highest BCUT2D eigenvalue weighted by Crippen LogP contribution is 1.97. The van der Waals surface area contributed by atoms with E-state index < -0.39 is 6.04 Å². The first-order valence-electron chi connectivity index (χ1n) is 4.77. The van der Waals surface area contributed by atoms with Gasteiger partial charge in [-0.1, -0.05) is 30.3 Å². The SMILES string of the molecule is CC(N)C(=O)NCCc1ccccc1. The van der Waals surface area contributed by atoms with E-state index >= 15 is 0 Å². The normalized spacial score (nSPS) is 12.1. The van der Waals surface area contributed by atoms with Crippen molar-refractivity contribution in [3.63, 3.8) is 0 Å². The Balaban J connectivity index is 2.26. The summed E-state index contributed by atoms with van der Waals surface area (Å²) in [6.07, 6.45) is 0.847. The third-order valence-corrected chi connectivity index (χ3v) is 1.97. The van der Waals surface area contributed by atoms with Gasteiger partial charge in [0.2, 0.25) is 5.91 Å². The third-order valence-electron chi connectivity index (χ3n) is 1.97. The zero-order valence-electron chi connectivity index (χ0n) is 8.36. The molecule has 3 heteroatoms. The lowest BCUT2D eigenvalue weighted by Crippen LogP contribution is -2.39. The van der Waals surface area contributed by atoms with E-state index in [1.54, 1.807) is 6.92 Å². The Bertz CT molecular complexity index is 283. The molecule has 0 saturated heterocycles. The maximum Gasteiger partial charge on any atom is 0.236 e. The number of nitrogens with one attached hydrogen (secondary N) is 1. The van der Waals surface area contributed by atoms with E-state index in [1.807, 2.05) is 30.3 Å². The maximum atomic E-state index is 11.1. The monoisotopic (exact) mass is 192 g/mol. The molecule has 0 aliphatic carbocycles. The molecule has 1 aromatic rings. The Morgan fingerprint density at radius 3 is 2.64 bits per heavy atom. The van der Waals surface area contributed by atoms with E-state index in [2.05, 4.69) is 5.32 Å². The van der Waals surface area contributed by atoms with Gasteiger partial charge in [0.05, 0.1) is 6.04 Å². The summed E-state index contributed by atoms with van der Waals surface area (Å²) in [6.45, 7) is 2.32. The fraction of sp³-hybridized carbons (Fsp3) is 0.364. The first-order chi connectivity index (χ1) is 6.70. The average Bonchev–Trinajstić information content (AvgIpc) is 2.19. The van der Waals surface area contributed by atoms with E-state index in [9.17, 15) is 4.79 Å². The minimum atomic E-state index is -0.425. The number of hydrogen-bond acceptors (Lipinski definition) is 2. The van der Waals surface area contributed by atoms with Crippen molar-refractivity contribution in [2.24, 2.45) is 5.73 Å². The molecule has 0 fully saturated rings. The molecule has 0 aliphatic rings. The summed E-state index contributed by atoms with van der Waals surface area (Å²) in [7, 11) is 0. The van der Waals surface area contributed by atoms with Gasteiger partial charge in [-0.05, 0) is 18.9 Å². The van der Waals surface area contributed by atoms with Gasteiger partial charge in [-0.25, -0.2) is 0 Å². The predicted molar refractivity (Wildman–Crippen MR) is 56.8 cm³/mol. The van der Waals surface area contributed by atoms with Crippen molar-refractivity contribution >= 4 is 5.91 Å². The lowest BCUT2D eigenvalue weighted by atomic mass is 10.1. The zero-order chi connectivity index (χ0) is 10.4. The van der Waals surface area contributed by atoms with Crippen molar-refractivity contribution < 1.29 is 4.79 Å². The number of hydrogen-bond donors (Lipinski definition) is 2. The first-order valence-corrected chi connectivity index (χ1v) is 4.77. The van der Waals surface area contributed by atoms with Crippen LogP contribution in [0.5, 0.6) is 0 Å². The van der Waals surface area contributed by atoms with Gasteiger partial charge in [-0.15, -0.1) is 0 Å². The van der Waals surface area contributed by atoms with E-state index in [-0.39, 0.29) is 5.91 Å². The van der Waals surface area contributed by atoms with Crippen molar-refractivity contribution in [1.82, 2.24) is 5.32 Å². The van der Waals surface area contributed by atoms with Gasteiger partial charge in [-0.3, -0.25) is 4.79 Å². The average molecular weight is 192 g/mol. The topological polar surface area (TPSA) is 55.1 Å². The Hall–Kier alpha value is -1.35. The van der Waals surface area contributed by atoms with E-state index in [0.717, 1.165) is 6.42 Å². The molecule has 76 valence electrons. The maximum absolute atomic E-state index is 11.1. The highest BCUT2D eigenvalue weighted by molar-refractivity contribution is 5.80. The second-order valence-electron chi connectivity index (χ2n) is 3.32. The molecule has 0 heterocycles. The molecule has 1 atom stereocenters. The summed E-state index contributed by atoms with van der Waals surface area (Å²) >= 11 is 0. The molecule has 3 nitrogen and oxygen atoms in total. The van der Waals surface area contributed by atoms with Crippen LogP contribution in [0.1, 0.15) is 12.5 Å². The van der Waals surface area contributed by atoms with Gasteiger partial charge < -0.3 is 11.1 Å². The molecule has 3 N–H and O–H groups in total. The molecular formula is C11H16N2O. The Labute approximate surface area is 84.3 Å². The molecule has 0 bridgehead atoms. The number of nitrogens with two attached hydrogens (primary N) is 1. The van der Waals surface area contributed by atoms with Crippen LogP contribution in [0.25, 0.3) is 0 Å². The molecule has 0 saturated carbocycles. The second kappa shape index (κ2) is 5.40. The summed E-state index contributed by atoms with van der Waals surface area (Å²) in [4.78, 5) is 11.1. The summed E-state index contributed by atoms with van der Waals surface area (Å²) < 4.78 is 0. The molecule has 1 rings (SSSR count). The van der Waals surface area contributed by atoms with Crippen LogP contribution in [0.2, 0.25) is 0 Å². The lowest BCUT2D eigenvalue weighted by Gasteiger charge is -2.07. The van der Waals surface area contributed by atoms with E-state index in [0.29, 0.717) is 6.54 Å². The Kier molecular flexibility index (Phi) is 4.13. The van der Waals surface area contributed by atoms with Crippen molar-refractivity contribution in [2.75, 3.05) is 6.54 Å². The smallest absolute Gasteiger partial charge is 0.236 e. The summed E-state index contributed by atoms with van der Waals surface area (Å²) in [6, 6.07) is 9.61. The molecular weight excluding hydrogens is 176 g/mol. The fourth-order valence-electron chi connectivity index (χ4n) is 1.14. The molecule has 1 amide bonds. The van der Waals surface area contributed by atoms with Crippen molar-refractivity contribution in [3.05, 3.63) is 35.9 Å². The van der Waals surface area contributed by atoms with Crippen LogP contribution in [-0.4, -0.2) is 18.5 Å². The fourth-order valence-corrected chi connectivity index (χ4v) is 1.14. The van der Waals surface area contributed by atoms with Crippen LogP contribution in [0.3, 0.4) is 0 Å². The van der Waals surface area contributed by atoms with Crippen LogP contribution in [0.15, 0.2) is 30.3 Å². The number of benzene rings is 1. The van der Waals surface area contributed by atoms with Crippen molar-refractivity contribution in [1.29, 1.82) is 0 Å². The highest BCUT2D eigenvalue weighted by Gasteiger charge is 2.04. The predicted octanol–water partition coefficient (Wildman–Crippen LogP) is 0.692. The standard InChI is InChI=1S/C11H16N2O/c1-9(12)11(14)13-8-7-10-5-3-2-4-6-10/h2-6,9H,7-8,12H2,1H3,(H,13,14). The Morgan fingerprint density at radius 1 is 1.43 bits per heavy atom. The van der Waals surface area contributed by atoms with Gasteiger partial charge in [0.25, 0.3) is 0 Å².